The molecule has 0 saturated heterocycles. The van der Waals surface area contributed by atoms with Crippen LogP contribution in [0.3, 0.4) is 0 Å². The molecule has 0 heterocycles. The number of ether oxygens (including phenoxy) is 1. The maximum Gasteiger partial charge on any atom is 0.344 e. The van der Waals surface area contributed by atoms with Gasteiger partial charge in [0.2, 0.25) is 5.91 Å². The van der Waals surface area contributed by atoms with Crippen LogP contribution in [0, 0.1) is 11.3 Å². The first-order valence-corrected chi connectivity index (χ1v) is 16.6. The second-order valence-electron chi connectivity index (χ2n) is 9.28. The van der Waals surface area contributed by atoms with E-state index >= 15 is 0 Å². The lowest BCUT2D eigenvalue weighted by Crippen LogP contribution is -2.27. The van der Waals surface area contributed by atoms with E-state index in [1.807, 2.05) is 91.0 Å². The molecule has 0 spiro atoms. The average molecular weight is 739 g/mol. The lowest BCUT2D eigenvalue weighted by molar-refractivity contribution is -0.123. The molecule has 3 N–H and O–H groups in total. The number of nitrogens with zero attached hydrogens (tertiary/aromatic N) is 3. The number of thiocarbonyl (C=S) groups is 1. The molecular weight excluding hydrogens is 697 g/mol. The first-order valence-electron chi connectivity index (χ1n) is 14.7. The van der Waals surface area contributed by atoms with Crippen molar-refractivity contribution in [3.63, 3.8) is 0 Å². The Labute approximate surface area is 308 Å². The van der Waals surface area contributed by atoms with Crippen molar-refractivity contribution in [2.45, 2.75) is 47.3 Å². The highest BCUT2D eigenvalue weighted by Gasteiger charge is 2.04. The Bertz CT molecular complexity index is 1460. The van der Waals surface area contributed by atoms with Gasteiger partial charge in [-0.05, 0) is 28.9 Å². The Hall–Kier alpha value is -5.13. The predicted molar refractivity (Wildman–Crippen MR) is 203 cm³/mol. The first-order chi connectivity index (χ1) is 23.8. The Morgan fingerprint density at radius 1 is 0.800 bits per heavy atom. The molecule has 3 aromatic rings. The van der Waals surface area contributed by atoms with Gasteiger partial charge in [0.1, 0.15) is 0 Å². The van der Waals surface area contributed by atoms with Gasteiger partial charge >= 0.3 is 12.1 Å². The standard InChI is InChI=1S/2C11H13NO2S.C9H9N3O.C2H3N.C2H4OS/c1-9(15)14-8-11(13)12-7-10-5-3-2-4-6-10;1-9(13)15-8-11(14)12-7-10-5-3-2-4-6-10;10-12-7-9(13)11-6-8-4-2-1-3-5-8;1-2-3;1-2(3)4/h2-6H,7-8H2,1H3,(H,12,13);2-6H,7-8H2,1H3,(H,12,14);1-5,7H,6H2,(H,11,13);1H3;1H3,(H,3,4). The number of thiol groups is 1. The van der Waals surface area contributed by atoms with E-state index in [0.717, 1.165) is 34.7 Å². The highest BCUT2D eigenvalue weighted by Crippen LogP contribution is 2.01. The normalized spacial score (nSPS) is 8.64. The number of carbonyl (C=O) groups is 5. The summed E-state index contributed by atoms with van der Waals surface area (Å²) in [6.45, 7) is 7.36. The lowest BCUT2D eigenvalue weighted by Gasteiger charge is -2.05. The maximum absolute atomic E-state index is 11.2. The van der Waals surface area contributed by atoms with Crippen molar-refractivity contribution < 1.29 is 33.5 Å². The van der Waals surface area contributed by atoms with Gasteiger partial charge in [-0.1, -0.05) is 103 Å². The zero-order valence-electron chi connectivity index (χ0n) is 28.3. The molecule has 0 aromatic heterocycles. The van der Waals surface area contributed by atoms with Crippen molar-refractivity contribution in [2.24, 2.45) is 0 Å². The van der Waals surface area contributed by atoms with Crippen LogP contribution in [0.5, 0.6) is 0 Å². The predicted octanol–water partition coefficient (Wildman–Crippen LogP) is 4.85. The number of rotatable bonds is 11. The van der Waals surface area contributed by atoms with Gasteiger partial charge in [0.25, 0.3) is 5.91 Å². The van der Waals surface area contributed by atoms with Crippen LogP contribution in [0.2, 0.25) is 0 Å². The molecule has 0 fully saturated rings. The van der Waals surface area contributed by atoms with Gasteiger partial charge in [0.05, 0.1) is 11.8 Å². The monoisotopic (exact) mass is 738 g/mol. The summed E-state index contributed by atoms with van der Waals surface area (Å²) in [6.07, 6.45) is 0.822. The molecule has 0 saturated carbocycles. The third-order valence-corrected chi connectivity index (χ3v) is 5.89. The SMILES string of the molecule is CC#N.CC(=O)S.CC(=O)SCC(=O)NCc1ccccc1.CC(=S)OCC(=O)NCc1ccccc1.[N-]=[N+]=CC(=O)NCc1ccccc1. The summed E-state index contributed by atoms with van der Waals surface area (Å²) in [4.78, 5) is 55.8. The van der Waals surface area contributed by atoms with Crippen LogP contribution >= 0.6 is 36.6 Å². The molecule has 12 nitrogen and oxygen atoms in total. The minimum Gasteiger partial charge on any atom is -0.478 e. The van der Waals surface area contributed by atoms with Gasteiger partial charge in [-0.15, -0.1) is 12.6 Å². The fourth-order valence-corrected chi connectivity index (χ4v) is 3.41. The molecule has 0 aliphatic carbocycles. The van der Waals surface area contributed by atoms with E-state index in [9.17, 15) is 24.0 Å². The minimum atomic E-state index is -0.411. The fraction of sp³-hybridized carbons (Fsp3) is 0.257. The topological polar surface area (TPSA) is 191 Å². The first kappa shape index (κ1) is 47.0. The molecule has 0 radical (unpaired) electrons. The Kier molecular flexibility index (Phi) is 30.5. The van der Waals surface area contributed by atoms with E-state index in [4.69, 9.17) is 15.5 Å². The van der Waals surface area contributed by atoms with Crippen LogP contribution in [0.4, 0.5) is 0 Å². The molecule has 0 unspecified atom stereocenters. The van der Waals surface area contributed by atoms with Crippen LogP contribution < -0.4 is 16.0 Å². The van der Waals surface area contributed by atoms with E-state index in [1.165, 1.54) is 20.8 Å². The van der Waals surface area contributed by atoms with Crippen LogP contribution in [0.15, 0.2) is 91.0 Å². The molecule has 0 bridgehead atoms. The second kappa shape index (κ2) is 32.4. The Balaban J connectivity index is 0. The van der Waals surface area contributed by atoms with Crippen LogP contribution in [0.1, 0.15) is 44.4 Å². The molecule has 3 rings (SSSR count). The van der Waals surface area contributed by atoms with Crippen molar-refractivity contribution in [1.82, 2.24) is 16.0 Å². The molecule has 0 atom stereocenters. The minimum absolute atomic E-state index is 0.0117. The molecule has 3 amide bonds. The number of nitriles is 1. The molecule has 266 valence electrons. The van der Waals surface area contributed by atoms with Gasteiger partial charge in [-0.2, -0.15) is 10.1 Å². The van der Waals surface area contributed by atoms with Crippen LogP contribution in [0.25, 0.3) is 5.53 Å². The summed E-state index contributed by atoms with van der Waals surface area (Å²) in [6, 6.07) is 30.6. The van der Waals surface area contributed by atoms with E-state index in [2.05, 4.69) is 45.6 Å². The van der Waals surface area contributed by atoms with Gasteiger partial charge < -0.3 is 26.2 Å². The van der Waals surface area contributed by atoms with Crippen LogP contribution in [-0.4, -0.2) is 56.4 Å². The number of hydrogen-bond donors (Lipinski definition) is 4. The summed E-state index contributed by atoms with van der Waals surface area (Å²) in [5, 5.41) is 15.5. The molecule has 0 aliphatic rings. The summed E-state index contributed by atoms with van der Waals surface area (Å²) >= 11 is 9.04. The van der Waals surface area contributed by atoms with Gasteiger partial charge in [-0.3, -0.25) is 24.0 Å². The maximum atomic E-state index is 11.2. The highest BCUT2D eigenvalue weighted by molar-refractivity contribution is 8.14. The van der Waals surface area contributed by atoms with E-state index in [-0.39, 0.29) is 34.4 Å². The summed E-state index contributed by atoms with van der Waals surface area (Å²) in [7, 11) is 0. The van der Waals surface area contributed by atoms with E-state index in [0.29, 0.717) is 24.7 Å². The van der Waals surface area contributed by atoms with E-state index in [1.54, 1.807) is 13.0 Å². The highest BCUT2D eigenvalue weighted by atomic mass is 32.2. The summed E-state index contributed by atoms with van der Waals surface area (Å²) < 4.78 is 4.91. The number of thioether (sulfide) groups is 1. The number of benzene rings is 3. The van der Waals surface area contributed by atoms with E-state index < -0.39 is 5.91 Å². The Morgan fingerprint density at radius 3 is 1.50 bits per heavy atom. The van der Waals surface area contributed by atoms with Crippen LogP contribution in [-0.2, 0) is 48.3 Å². The van der Waals surface area contributed by atoms with Gasteiger partial charge in [0.15, 0.2) is 21.9 Å². The van der Waals surface area contributed by atoms with Crippen molar-refractivity contribution in [1.29, 1.82) is 5.26 Å². The Morgan fingerprint density at radius 2 is 1.16 bits per heavy atom. The number of hydrogen-bond acceptors (Lipinski definition) is 9. The number of carbonyl (C=O) groups excluding carboxylic acids is 5. The molecule has 15 heteroatoms. The third kappa shape index (κ3) is 34.2. The van der Waals surface area contributed by atoms with Crippen molar-refractivity contribution >= 4 is 75.8 Å². The molecule has 3 aromatic carbocycles. The second-order valence-corrected chi connectivity index (χ2v) is 11.6. The summed E-state index contributed by atoms with van der Waals surface area (Å²) in [5.41, 5.74) is 11.2. The van der Waals surface area contributed by atoms with Crippen molar-refractivity contribution in [3.8, 4) is 6.07 Å². The van der Waals surface area contributed by atoms with Crippen molar-refractivity contribution in [2.75, 3.05) is 12.4 Å². The zero-order valence-corrected chi connectivity index (χ0v) is 30.9. The molecule has 50 heavy (non-hydrogen) atoms. The van der Waals surface area contributed by atoms with Gasteiger partial charge in [-0.25, -0.2) is 0 Å². The largest absolute Gasteiger partial charge is 0.478 e. The third-order valence-electron chi connectivity index (χ3n) is 4.96. The van der Waals surface area contributed by atoms with Gasteiger partial charge in [0, 0.05) is 47.3 Å². The fourth-order valence-electron chi connectivity index (χ4n) is 2.91. The average Bonchev–Trinajstić information content (AvgIpc) is 3.09. The molecule has 0 aliphatic heterocycles. The lowest BCUT2D eigenvalue weighted by atomic mass is 10.2. The quantitative estimate of drug-likeness (QED) is 0.0701. The number of amides is 3. The zero-order chi connectivity index (χ0) is 38.0. The summed E-state index contributed by atoms with van der Waals surface area (Å²) in [5.74, 6) is -0.490. The number of nitrogens with one attached hydrogen (secondary N) is 3. The van der Waals surface area contributed by atoms with Crippen molar-refractivity contribution in [3.05, 3.63) is 113 Å². The molecular formula is C35H42N6O6S3. The smallest absolute Gasteiger partial charge is 0.344 e.